The second-order valence-electron chi connectivity index (χ2n) is 9.94. The van der Waals surface area contributed by atoms with Gasteiger partial charge in [0.1, 0.15) is 0 Å². The highest BCUT2D eigenvalue weighted by Gasteiger charge is 2.19. The van der Waals surface area contributed by atoms with E-state index in [0.29, 0.717) is 25.0 Å². The summed E-state index contributed by atoms with van der Waals surface area (Å²) in [7, 11) is -1.07. The Labute approximate surface area is 190 Å². The van der Waals surface area contributed by atoms with Gasteiger partial charge in [-0.3, -0.25) is 0 Å². The fraction of sp³-hybridized carbons (Fsp3) is 1.00. The predicted octanol–water partition coefficient (Wildman–Crippen LogP) is 8.04. The van der Waals surface area contributed by atoms with Gasteiger partial charge in [0.25, 0.3) is 0 Å². The van der Waals surface area contributed by atoms with Crippen molar-refractivity contribution in [3.8, 4) is 0 Å². The Morgan fingerprint density at radius 2 is 0.867 bits per heavy atom. The molecule has 0 rings (SSSR count). The Kier molecular flexibility index (Phi) is 20.8. The van der Waals surface area contributed by atoms with Gasteiger partial charge in [0.05, 0.1) is 0 Å². The summed E-state index contributed by atoms with van der Waals surface area (Å²) in [6.07, 6.45) is 18.1. The zero-order chi connectivity index (χ0) is 22.6. The van der Waals surface area contributed by atoms with Crippen molar-refractivity contribution in [2.45, 2.75) is 131 Å². The summed E-state index contributed by atoms with van der Waals surface area (Å²) in [6.45, 7) is 15.0. The molecule has 4 unspecified atom stereocenters. The van der Waals surface area contributed by atoms with Crippen LogP contribution < -0.4 is 0 Å². The highest BCUT2D eigenvalue weighted by atomic mass is 16.7. The molecule has 0 heterocycles. The largest absolute Gasteiger partial charge is 0.636 e. The summed E-state index contributed by atoms with van der Waals surface area (Å²) in [4.78, 5) is 0. The van der Waals surface area contributed by atoms with Crippen LogP contribution in [0, 0.1) is 23.7 Å². The number of hydrogen-bond acceptors (Lipinski definition) is 3. The van der Waals surface area contributed by atoms with Crippen LogP contribution in [-0.2, 0) is 9.31 Å². The van der Waals surface area contributed by atoms with Crippen LogP contribution in [0.2, 0.25) is 0 Å². The minimum Gasteiger partial charge on any atom is -0.402 e. The molecule has 0 amide bonds. The van der Waals surface area contributed by atoms with Crippen LogP contribution >= 0.6 is 0 Å². The maximum absolute atomic E-state index is 9.96. The van der Waals surface area contributed by atoms with E-state index in [1.807, 2.05) is 0 Å². The molecule has 0 aliphatic rings. The molecule has 0 radical (unpaired) electrons. The molecule has 4 heteroatoms. The Bertz CT molecular complexity index is 321. The van der Waals surface area contributed by atoms with Gasteiger partial charge in [-0.2, -0.15) is 0 Å². The fourth-order valence-corrected chi connectivity index (χ4v) is 4.04. The molecule has 0 aromatic rings. The molecule has 0 saturated heterocycles. The number of hydrogen-bond donors (Lipinski definition) is 1. The van der Waals surface area contributed by atoms with E-state index in [1.165, 1.54) is 77.0 Å². The van der Waals surface area contributed by atoms with Crippen LogP contribution in [0.5, 0.6) is 0 Å². The molecule has 0 fully saturated rings. The predicted molar refractivity (Wildman–Crippen MR) is 133 cm³/mol. The Balaban J connectivity index is 3.70. The average Bonchev–Trinajstić information content (AvgIpc) is 2.72. The smallest absolute Gasteiger partial charge is 0.402 e. The van der Waals surface area contributed by atoms with Crippen LogP contribution in [0.4, 0.5) is 0 Å². The minimum absolute atomic E-state index is 0.576. The molecule has 0 aromatic heterocycles. The van der Waals surface area contributed by atoms with Gasteiger partial charge in [0.2, 0.25) is 0 Å². The third kappa shape index (κ3) is 17.6. The molecule has 180 valence electrons. The van der Waals surface area contributed by atoms with Crippen LogP contribution in [-0.4, -0.2) is 25.6 Å². The molecular formula is C26H55BO3. The van der Waals surface area contributed by atoms with E-state index in [9.17, 15) is 5.02 Å². The van der Waals surface area contributed by atoms with Crippen LogP contribution in [0.15, 0.2) is 0 Å². The van der Waals surface area contributed by atoms with Gasteiger partial charge in [-0.15, -0.1) is 0 Å². The summed E-state index contributed by atoms with van der Waals surface area (Å²) < 4.78 is 11.0. The molecule has 0 spiro atoms. The SMILES string of the molecule is CCCCCCCC(C)C(C)CCOB(O)OCCC(C)C(C)CCCCCCC. The maximum atomic E-state index is 9.96. The van der Waals surface area contributed by atoms with E-state index in [4.69, 9.17) is 9.31 Å². The summed E-state index contributed by atoms with van der Waals surface area (Å²) in [5, 5.41) is 9.96. The topological polar surface area (TPSA) is 38.7 Å². The zero-order valence-electron chi connectivity index (χ0n) is 21.5. The summed E-state index contributed by atoms with van der Waals surface area (Å²) >= 11 is 0. The normalized spacial score (nSPS) is 15.7. The van der Waals surface area contributed by atoms with Crippen molar-refractivity contribution in [2.75, 3.05) is 13.2 Å². The number of unbranched alkanes of at least 4 members (excludes halogenated alkanes) is 8. The molecule has 30 heavy (non-hydrogen) atoms. The standard InChI is InChI=1S/C26H55BO3/c1-7-9-11-13-15-17-23(3)25(5)19-21-29-27(28)30-22-20-26(6)24(4)18-16-14-12-10-8-2/h23-26,28H,7-22H2,1-6H3. The minimum atomic E-state index is -1.07. The molecular weight excluding hydrogens is 371 g/mol. The van der Waals surface area contributed by atoms with Crippen molar-refractivity contribution in [1.29, 1.82) is 0 Å². The average molecular weight is 427 g/mol. The van der Waals surface area contributed by atoms with Gasteiger partial charge in [-0.1, -0.05) is 119 Å². The first-order chi connectivity index (χ1) is 14.4. The molecule has 1 N–H and O–H groups in total. The third-order valence-electron chi connectivity index (χ3n) is 7.14. The highest BCUT2D eigenvalue weighted by molar-refractivity contribution is 6.34. The van der Waals surface area contributed by atoms with E-state index in [1.54, 1.807) is 0 Å². The van der Waals surface area contributed by atoms with Crippen LogP contribution in [0.25, 0.3) is 0 Å². The molecule has 4 atom stereocenters. The first-order valence-electron chi connectivity index (χ1n) is 13.3. The Morgan fingerprint density at radius 1 is 0.533 bits per heavy atom. The second kappa shape index (κ2) is 20.8. The molecule has 3 nitrogen and oxygen atoms in total. The van der Waals surface area contributed by atoms with Crippen molar-refractivity contribution < 1.29 is 14.3 Å². The van der Waals surface area contributed by atoms with E-state index in [2.05, 4.69) is 41.5 Å². The van der Waals surface area contributed by atoms with Gasteiger partial charge in [0.15, 0.2) is 0 Å². The molecule has 0 aromatic carbocycles. The lowest BCUT2D eigenvalue weighted by atomic mass is 9.88. The lowest BCUT2D eigenvalue weighted by molar-refractivity contribution is 0.112. The van der Waals surface area contributed by atoms with E-state index >= 15 is 0 Å². The van der Waals surface area contributed by atoms with E-state index in [-0.39, 0.29) is 0 Å². The highest BCUT2D eigenvalue weighted by Crippen LogP contribution is 2.23. The quantitative estimate of drug-likeness (QED) is 0.141. The van der Waals surface area contributed by atoms with Gasteiger partial charge < -0.3 is 14.3 Å². The van der Waals surface area contributed by atoms with Gasteiger partial charge in [0, 0.05) is 13.2 Å². The van der Waals surface area contributed by atoms with Crippen molar-refractivity contribution in [2.24, 2.45) is 23.7 Å². The van der Waals surface area contributed by atoms with Crippen LogP contribution in [0.3, 0.4) is 0 Å². The van der Waals surface area contributed by atoms with Gasteiger partial charge in [-0.05, 0) is 36.5 Å². The van der Waals surface area contributed by atoms with Gasteiger partial charge in [-0.25, -0.2) is 0 Å². The first kappa shape index (κ1) is 29.9. The second-order valence-corrected chi connectivity index (χ2v) is 9.94. The van der Waals surface area contributed by atoms with Crippen molar-refractivity contribution >= 4 is 7.32 Å². The van der Waals surface area contributed by atoms with E-state index in [0.717, 1.165) is 24.7 Å². The lowest BCUT2D eigenvalue weighted by Crippen LogP contribution is -2.26. The Hall–Kier alpha value is -0.0551. The zero-order valence-corrected chi connectivity index (χ0v) is 21.5. The molecule has 0 aliphatic heterocycles. The summed E-state index contributed by atoms with van der Waals surface area (Å²) in [5.41, 5.74) is 0. The van der Waals surface area contributed by atoms with E-state index < -0.39 is 7.32 Å². The first-order valence-corrected chi connectivity index (χ1v) is 13.3. The summed E-state index contributed by atoms with van der Waals surface area (Å²) in [6, 6.07) is 0. The molecule has 0 aliphatic carbocycles. The molecule has 0 bridgehead atoms. The lowest BCUT2D eigenvalue weighted by Gasteiger charge is -2.21. The van der Waals surface area contributed by atoms with Crippen molar-refractivity contribution in [3.63, 3.8) is 0 Å². The third-order valence-corrected chi connectivity index (χ3v) is 7.14. The van der Waals surface area contributed by atoms with Crippen molar-refractivity contribution in [3.05, 3.63) is 0 Å². The Morgan fingerprint density at radius 3 is 1.23 bits per heavy atom. The van der Waals surface area contributed by atoms with Crippen molar-refractivity contribution in [1.82, 2.24) is 0 Å². The fourth-order valence-electron chi connectivity index (χ4n) is 4.04. The van der Waals surface area contributed by atoms with Crippen LogP contribution in [0.1, 0.15) is 131 Å². The van der Waals surface area contributed by atoms with Gasteiger partial charge >= 0.3 is 7.32 Å². The summed E-state index contributed by atoms with van der Waals surface area (Å²) in [5.74, 6) is 2.69. The number of rotatable bonds is 22. The monoisotopic (exact) mass is 426 g/mol. The maximum Gasteiger partial charge on any atom is 0.636 e. The molecule has 0 saturated carbocycles.